The first-order chi connectivity index (χ1) is 13.6. The fourth-order valence-electron chi connectivity index (χ4n) is 2.60. The van der Waals surface area contributed by atoms with Crippen LogP contribution in [0, 0.1) is 6.92 Å². The van der Waals surface area contributed by atoms with Crippen LogP contribution in [-0.4, -0.2) is 32.5 Å². The normalized spacial score (nSPS) is 10.6. The molecule has 9 heteroatoms. The van der Waals surface area contributed by atoms with E-state index >= 15 is 0 Å². The Balaban J connectivity index is 0.00000300. The first-order valence-corrected chi connectivity index (χ1v) is 10.9. The molecule has 0 radical (unpaired) electrons. The van der Waals surface area contributed by atoms with Crippen molar-refractivity contribution >= 4 is 40.1 Å². The van der Waals surface area contributed by atoms with Gasteiger partial charge >= 0.3 is 0 Å². The molecule has 0 unspecified atom stereocenters. The number of thioether (sulfide) groups is 1. The third kappa shape index (κ3) is 7.62. The highest BCUT2D eigenvalue weighted by Gasteiger charge is 2.06. The van der Waals surface area contributed by atoms with Crippen LogP contribution in [-0.2, 0) is 20.2 Å². The SMILES string of the molecule is Cc1ccc(COc2ccc(Br)cc2CNCCCSc2nnnn2C)cc1.Cl. The van der Waals surface area contributed by atoms with Crippen LogP contribution >= 0.6 is 40.1 Å². The highest BCUT2D eigenvalue weighted by molar-refractivity contribution is 9.10. The average molecular weight is 499 g/mol. The van der Waals surface area contributed by atoms with Crippen molar-refractivity contribution in [2.75, 3.05) is 12.3 Å². The van der Waals surface area contributed by atoms with Crippen molar-refractivity contribution in [3.63, 3.8) is 0 Å². The number of ether oxygens (including phenoxy) is 1. The summed E-state index contributed by atoms with van der Waals surface area (Å²) in [6, 6.07) is 14.6. The summed E-state index contributed by atoms with van der Waals surface area (Å²) in [5.74, 6) is 1.88. The van der Waals surface area contributed by atoms with Crippen molar-refractivity contribution in [1.29, 1.82) is 0 Å². The van der Waals surface area contributed by atoms with Gasteiger partial charge in [0, 0.05) is 29.4 Å². The molecule has 0 amide bonds. The molecule has 0 saturated heterocycles. The second kappa shape index (κ2) is 12.2. The molecule has 0 aliphatic carbocycles. The van der Waals surface area contributed by atoms with E-state index in [1.807, 2.05) is 19.2 Å². The van der Waals surface area contributed by atoms with E-state index in [1.54, 1.807) is 16.4 Å². The Kier molecular flexibility index (Phi) is 9.93. The van der Waals surface area contributed by atoms with E-state index in [2.05, 4.69) is 74.0 Å². The van der Waals surface area contributed by atoms with Crippen molar-refractivity contribution in [1.82, 2.24) is 25.5 Å². The second-order valence-electron chi connectivity index (χ2n) is 6.49. The van der Waals surface area contributed by atoms with Gasteiger partial charge in [-0.2, -0.15) is 0 Å². The van der Waals surface area contributed by atoms with E-state index in [4.69, 9.17) is 4.74 Å². The molecule has 1 aromatic heterocycles. The number of hydrogen-bond donors (Lipinski definition) is 1. The Morgan fingerprint density at radius 1 is 1.17 bits per heavy atom. The molecular formula is C20H25BrClN5OS. The highest BCUT2D eigenvalue weighted by Crippen LogP contribution is 2.24. The smallest absolute Gasteiger partial charge is 0.209 e. The van der Waals surface area contributed by atoms with Gasteiger partial charge in [0.1, 0.15) is 12.4 Å². The minimum atomic E-state index is 0. The predicted octanol–water partition coefficient (Wildman–Crippen LogP) is 4.55. The molecule has 0 bridgehead atoms. The Labute approximate surface area is 190 Å². The lowest BCUT2D eigenvalue weighted by Gasteiger charge is -2.13. The van der Waals surface area contributed by atoms with E-state index in [0.717, 1.165) is 46.2 Å². The Morgan fingerprint density at radius 2 is 1.97 bits per heavy atom. The molecule has 0 aliphatic rings. The zero-order valence-electron chi connectivity index (χ0n) is 16.5. The van der Waals surface area contributed by atoms with Crippen molar-refractivity contribution in [2.24, 2.45) is 7.05 Å². The van der Waals surface area contributed by atoms with E-state index in [9.17, 15) is 0 Å². The number of halogens is 2. The second-order valence-corrected chi connectivity index (χ2v) is 8.47. The van der Waals surface area contributed by atoms with Gasteiger partial charge in [-0.25, -0.2) is 4.68 Å². The summed E-state index contributed by atoms with van der Waals surface area (Å²) in [6.45, 7) is 4.34. The number of aryl methyl sites for hydroxylation is 2. The van der Waals surface area contributed by atoms with Crippen LogP contribution in [0.3, 0.4) is 0 Å². The van der Waals surface area contributed by atoms with Crippen LogP contribution in [0.5, 0.6) is 5.75 Å². The fraction of sp³-hybridized carbons (Fsp3) is 0.350. The van der Waals surface area contributed by atoms with Crippen LogP contribution in [0.15, 0.2) is 52.1 Å². The average Bonchev–Trinajstić information content (AvgIpc) is 3.10. The summed E-state index contributed by atoms with van der Waals surface area (Å²) in [5.41, 5.74) is 3.57. The maximum atomic E-state index is 6.07. The summed E-state index contributed by atoms with van der Waals surface area (Å²) < 4.78 is 8.81. The molecule has 6 nitrogen and oxygen atoms in total. The third-order valence-electron chi connectivity index (χ3n) is 4.16. The lowest BCUT2D eigenvalue weighted by molar-refractivity contribution is 0.302. The monoisotopic (exact) mass is 497 g/mol. The number of nitrogens with zero attached hydrogens (tertiary/aromatic N) is 4. The number of aromatic nitrogens is 4. The summed E-state index contributed by atoms with van der Waals surface area (Å²) in [5, 5.41) is 15.8. The molecule has 0 spiro atoms. The molecular weight excluding hydrogens is 474 g/mol. The van der Waals surface area contributed by atoms with Crippen molar-refractivity contribution < 1.29 is 4.74 Å². The molecule has 2 aromatic carbocycles. The van der Waals surface area contributed by atoms with Gasteiger partial charge in [-0.05, 0) is 54.1 Å². The number of rotatable bonds is 10. The quantitative estimate of drug-likeness (QED) is 0.327. The molecule has 0 fully saturated rings. The molecule has 1 heterocycles. The molecule has 3 rings (SSSR count). The number of benzene rings is 2. The van der Waals surface area contributed by atoms with Gasteiger partial charge < -0.3 is 10.1 Å². The number of hydrogen-bond acceptors (Lipinski definition) is 6. The first kappa shape index (κ1) is 23.7. The molecule has 0 atom stereocenters. The molecule has 156 valence electrons. The molecule has 0 saturated carbocycles. The molecule has 0 aliphatic heterocycles. The molecule has 1 N–H and O–H groups in total. The van der Waals surface area contributed by atoms with Crippen LogP contribution in [0.1, 0.15) is 23.1 Å². The van der Waals surface area contributed by atoms with Crippen molar-refractivity contribution in [2.45, 2.75) is 31.7 Å². The van der Waals surface area contributed by atoms with E-state index in [-0.39, 0.29) is 12.4 Å². The van der Waals surface area contributed by atoms with Gasteiger partial charge in [-0.1, -0.05) is 57.5 Å². The van der Waals surface area contributed by atoms with Gasteiger partial charge in [0.2, 0.25) is 5.16 Å². The Morgan fingerprint density at radius 3 is 2.69 bits per heavy atom. The number of nitrogens with one attached hydrogen (secondary N) is 1. The topological polar surface area (TPSA) is 64.9 Å². The summed E-state index contributed by atoms with van der Waals surface area (Å²) >= 11 is 5.22. The standard InChI is InChI=1S/C20H24BrN5OS.ClH/c1-15-4-6-16(7-5-15)14-27-19-9-8-18(21)12-17(19)13-22-10-3-11-28-20-23-24-25-26(20)2;/h4-9,12,22H,3,10-11,13-14H2,1-2H3;1H. The predicted molar refractivity (Wildman–Crippen MR) is 123 cm³/mol. The van der Waals surface area contributed by atoms with Crippen molar-refractivity contribution in [3.8, 4) is 5.75 Å². The van der Waals surface area contributed by atoms with Crippen LogP contribution in [0.4, 0.5) is 0 Å². The van der Waals surface area contributed by atoms with Gasteiger partial charge in [-0.3, -0.25) is 0 Å². The van der Waals surface area contributed by atoms with Crippen molar-refractivity contribution in [3.05, 3.63) is 63.6 Å². The van der Waals surface area contributed by atoms with Gasteiger partial charge in [-0.15, -0.1) is 17.5 Å². The van der Waals surface area contributed by atoms with Crippen LogP contribution < -0.4 is 10.1 Å². The van der Waals surface area contributed by atoms with Gasteiger partial charge in [0.05, 0.1) is 0 Å². The van der Waals surface area contributed by atoms with Crippen LogP contribution in [0.2, 0.25) is 0 Å². The Bertz CT molecular complexity index is 891. The zero-order chi connectivity index (χ0) is 19.8. The first-order valence-electron chi connectivity index (χ1n) is 9.14. The van der Waals surface area contributed by atoms with E-state index in [0.29, 0.717) is 6.61 Å². The van der Waals surface area contributed by atoms with Gasteiger partial charge in [0.25, 0.3) is 0 Å². The summed E-state index contributed by atoms with van der Waals surface area (Å²) in [4.78, 5) is 0. The largest absolute Gasteiger partial charge is 0.489 e. The third-order valence-corrected chi connectivity index (χ3v) is 5.75. The summed E-state index contributed by atoms with van der Waals surface area (Å²) in [7, 11) is 1.85. The lowest BCUT2D eigenvalue weighted by atomic mass is 10.1. The van der Waals surface area contributed by atoms with Gasteiger partial charge in [0.15, 0.2) is 0 Å². The fourth-order valence-corrected chi connectivity index (χ4v) is 3.80. The Hall–Kier alpha value is -1.61. The summed E-state index contributed by atoms with van der Waals surface area (Å²) in [6.07, 6.45) is 1.03. The van der Waals surface area contributed by atoms with E-state index < -0.39 is 0 Å². The zero-order valence-corrected chi connectivity index (χ0v) is 19.7. The number of tetrazole rings is 1. The minimum absolute atomic E-state index is 0. The molecule has 3 aromatic rings. The van der Waals surface area contributed by atoms with Crippen LogP contribution in [0.25, 0.3) is 0 Å². The highest BCUT2D eigenvalue weighted by atomic mass is 79.9. The maximum Gasteiger partial charge on any atom is 0.209 e. The maximum absolute atomic E-state index is 6.07. The lowest BCUT2D eigenvalue weighted by Crippen LogP contribution is -2.16. The molecule has 29 heavy (non-hydrogen) atoms. The van der Waals surface area contributed by atoms with E-state index in [1.165, 1.54) is 11.1 Å². The minimum Gasteiger partial charge on any atom is -0.489 e.